The lowest BCUT2D eigenvalue weighted by Gasteiger charge is -2.45. The molecule has 43 heavy (non-hydrogen) atoms. The van der Waals surface area contributed by atoms with Crippen LogP contribution in [0.25, 0.3) is 0 Å². The third kappa shape index (κ3) is 8.02. The summed E-state index contributed by atoms with van der Waals surface area (Å²) < 4.78 is 40.6. The van der Waals surface area contributed by atoms with Gasteiger partial charge in [0, 0.05) is 6.10 Å². The maximum Gasteiger partial charge on any atom is 0.192 e. The highest BCUT2D eigenvalue weighted by molar-refractivity contribution is 7.92. The van der Waals surface area contributed by atoms with E-state index in [0.717, 1.165) is 38.0 Å². The first-order valence-electron chi connectivity index (χ1n) is 17.6. The standard InChI is InChI=1S/C36H66O4SSi2/c1-26(15-13-21-35(5,6)40-42(8,9)10)31-19-20-32-27(16-14-22-36(31,32)7)24-33-30-18-17-29(23-28(30)25-41(33,37)38)39-43(11,12)34(2,3)4/h24,26,29,31-33H,13-23,25H2,1-12H3/b27-24+/t26-,29+,31+,32-,33?,36+/m0/s1. The zero-order valence-corrected chi connectivity index (χ0v) is 32.8. The molecule has 0 bridgehead atoms. The maximum absolute atomic E-state index is 13.7. The molecule has 0 N–H and O–H groups in total. The Morgan fingerprint density at radius 1 is 1.02 bits per heavy atom. The van der Waals surface area contributed by atoms with E-state index in [4.69, 9.17) is 8.85 Å². The van der Waals surface area contributed by atoms with Crippen LogP contribution in [0.3, 0.4) is 0 Å². The van der Waals surface area contributed by atoms with Gasteiger partial charge in [0.2, 0.25) is 0 Å². The Balaban J connectivity index is 1.45. The van der Waals surface area contributed by atoms with E-state index in [1.165, 1.54) is 55.2 Å². The summed E-state index contributed by atoms with van der Waals surface area (Å²) in [4.78, 5) is 0. The molecule has 4 nitrogen and oxygen atoms in total. The van der Waals surface area contributed by atoms with Crippen LogP contribution in [0.5, 0.6) is 0 Å². The summed E-state index contributed by atoms with van der Waals surface area (Å²) in [6, 6.07) is 0. The molecule has 248 valence electrons. The molecule has 4 rings (SSSR count). The predicted molar refractivity (Wildman–Crippen MR) is 188 cm³/mol. The Hall–Kier alpha value is -0.216. The van der Waals surface area contributed by atoms with Gasteiger partial charge >= 0.3 is 0 Å². The quantitative estimate of drug-likeness (QED) is 0.174. The molecule has 2 saturated carbocycles. The van der Waals surface area contributed by atoms with Crippen LogP contribution in [-0.2, 0) is 18.7 Å². The van der Waals surface area contributed by atoms with E-state index >= 15 is 0 Å². The molecule has 4 aliphatic rings. The first-order valence-corrected chi connectivity index (χ1v) is 25.6. The second-order valence-electron chi connectivity index (χ2n) is 18.3. The zero-order valence-electron chi connectivity index (χ0n) is 30.0. The SMILES string of the molecule is C[C@@H](CCCC(C)(C)O[Si](C)(C)C)[C@H]1CC[C@H]2/C(=C/C3C4=C(C[C@H](O[Si](C)(C)C(C)(C)C)CC4)CS3(=O)=O)CCC[C@]12C. The number of fused-ring (bicyclic) bond motifs is 1. The Kier molecular flexibility index (Phi) is 10.3. The van der Waals surface area contributed by atoms with Gasteiger partial charge < -0.3 is 8.85 Å². The molecule has 0 aromatic rings. The highest BCUT2D eigenvalue weighted by Crippen LogP contribution is 2.60. The Morgan fingerprint density at radius 2 is 1.70 bits per heavy atom. The van der Waals surface area contributed by atoms with E-state index < -0.39 is 31.7 Å². The molecule has 2 fully saturated rings. The highest BCUT2D eigenvalue weighted by atomic mass is 32.2. The van der Waals surface area contributed by atoms with Gasteiger partial charge in [-0.3, -0.25) is 0 Å². The van der Waals surface area contributed by atoms with Crippen molar-refractivity contribution in [3.05, 3.63) is 22.8 Å². The van der Waals surface area contributed by atoms with Crippen LogP contribution < -0.4 is 0 Å². The lowest BCUT2D eigenvalue weighted by Crippen LogP contribution is -2.44. The minimum atomic E-state index is -3.19. The Labute approximate surface area is 268 Å². The van der Waals surface area contributed by atoms with Crippen LogP contribution in [0, 0.1) is 23.2 Å². The normalized spacial score (nSPS) is 33.5. The first-order chi connectivity index (χ1) is 19.5. The molecule has 0 aromatic heterocycles. The summed E-state index contributed by atoms with van der Waals surface area (Å²) in [5, 5.41) is -0.224. The van der Waals surface area contributed by atoms with E-state index in [1.807, 2.05) is 0 Å². The summed E-state index contributed by atoms with van der Waals surface area (Å²) in [7, 11) is -6.62. The van der Waals surface area contributed by atoms with Crippen LogP contribution in [0.1, 0.15) is 119 Å². The smallest absolute Gasteiger partial charge is 0.192 e. The van der Waals surface area contributed by atoms with E-state index in [2.05, 4.69) is 87.3 Å². The van der Waals surface area contributed by atoms with Crippen molar-refractivity contribution in [2.24, 2.45) is 23.2 Å². The summed E-state index contributed by atoms with van der Waals surface area (Å²) in [6.45, 7) is 27.9. The van der Waals surface area contributed by atoms with Crippen molar-refractivity contribution in [3.8, 4) is 0 Å². The number of allylic oxidation sites excluding steroid dienone is 1. The molecule has 6 atom stereocenters. The average molecular weight is 651 g/mol. The van der Waals surface area contributed by atoms with Gasteiger partial charge in [0.1, 0.15) is 5.25 Å². The fourth-order valence-corrected chi connectivity index (χ4v) is 14.5. The molecule has 0 radical (unpaired) electrons. The van der Waals surface area contributed by atoms with Gasteiger partial charge in [-0.15, -0.1) is 0 Å². The van der Waals surface area contributed by atoms with Crippen LogP contribution in [0.15, 0.2) is 22.8 Å². The van der Waals surface area contributed by atoms with Gasteiger partial charge in [0.25, 0.3) is 0 Å². The zero-order chi connectivity index (χ0) is 32.2. The van der Waals surface area contributed by atoms with Gasteiger partial charge in [0.05, 0.1) is 11.4 Å². The number of hydrogen-bond acceptors (Lipinski definition) is 4. The van der Waals surface area contributed by atoms with Crippen molar-refractivity contribution >= 4 is 26.5 Å². The topological polar surface area (TPSA) is 52.6 Å². The van der Waals surface area contributed by atoms with Crippen LogP contribution in [0.4, 0.5) is 0 Å². The molecular weight excluding hydrogens is 585 g/mol. The van der Waals surface area contributed by atoms with Crippen LogP contribution in [0.2, 0.25) is 37.8 Å². The van der Waals surface area contributed by atoms with Gasteiger partial charge in [-0.05, 0) is 138 Å². The fraction of sp³-hybridized carbons (Fsp3) is 0.889. The van der Waals surface area contributed by atoms with Crippen molar-refractivity contribution in [2.45, 2.75) is 174 Å². The van der Waals surface area contributed by atoms with Gasteiger partial charge in [-0.1, -0.05) is 64.7 Å². The second kappa shape index (κ2) is 12.4. The van der Waals surface area contributed by atoms with Crippen molar-refractivity contribution in [2.75, 3.05) is 5.75 Å². The maximum atomic E-state index is 13.7. The Bertz CT molecular complexity index is 1190. The van der Waals surface area contributed by atoms with Crippen molar-refractivity contribution in [1.82, 2.24) is 0 Å². The molecule has 1 unspecified atom stereocenters. The molecule has 0 spiro atoms. The van der Waals surface area contributed by atoms with E-state index in [1.54, 1.807) is 0 Å². The largest absolute Gasteiger partial charge is 0.414 e. The highest BCUT2D eigenvalue weighted by Gasteiger charge is 2.51. The molecule has 3 aliphatic carbocycles. The number of sulfone groups is 1. The van der Waals surface area contributed by atoms with E-state index in [9.17, 15) is 8.42 Å². The van der Waals surface area contributed by atoms with Crippen LogP contribution >= 0.6 is 0 Å². The van der Waals surface area contributed by atoms with Crippen molar-refractivity contribution < 1.29 is 17.3 Å². The van der Waals surface area contributed by atoms with Crippen LogP contribution in [-0.4, -0.2) is 47.8 Å². The molecule has 0 saturated heterocycles. The summed E-state index contributed by atoms with van der Waals surface area (Å²) >= 11 is 0. The minimum absolute atomic E-state index is 0.0383. The lowest BCUT2D eigenvalue weighted by atomic mass is 9.60. The third-order valence-corrected chi connectivity index (χ3v) is 19.8. The molecule has 0 aromatic carbocycles. The predicted octanol–water partition coefficient (Wildman–Crippen LogP) is 10.2. The number of rotatable bonds is 10. The van der Waals surface area contributed by atoms with E-state index in [0.29, 0.717) is 17.3 Å². The summed E-state index contributed by atoms with van der Waals surface area (Å²) in [6.07, 6.45) is 14.8. The molecular formula is C36H66O4SSi2. The van der Waals surface area contributed by atoms with E-state index in [-0.39, 0.29) is 22.5 Å². The van der Waals surface area contributed by atoms with Gasteiger partial charge in [-0.2, -0.15) is 0 Å². The lowest BCUT2D eigenvalue weighted by molar-refractivity contribution is 0.0734. The molecule has 1 heterocycles. The molecule has 7 heteroatoms. The Morgan fingerprint density at radius 3 is 2.33 bits per heavy atom. The molecule has 1 aliphatic heterocycles. The third-order valence-electron chi connectivity index (χ3n) is 12.1. The minimum Gasteiger partial charge on any atom is -0.414 e. The monoisotopic (exact) mass is 650 g/mol. The summed E-state index contributed by atoms with van der Waals surface area (Å²) in [5.41, 5.74) is 4.12. The second-order valence-corrected chi connectivity index (χ2v) is 29.6. The number of hydrogen-bond donors (Lipinski definition) is 0. The van der Waals surface area contributed by atoms with Gasteiger partial charge in [-0.25, -0.2) is 8.42 Å². The van der Waals surface area contributed by atoms with Crippen molar-refractivity contribution in [1.29, 1.82) is 0 Å². The van der Waals surface area contributed by atoms with Gasteiger partial charge in [0.15, 0.2) is 26.5 Å². The average Bonchev–Trinajstić information content (AvgIpc) is 3.29. The molecule has 0 amide bonds. The first kappa shape index (κ1) is 35.6. The summed E-state index contributed by atoms with van der Waals surface area (Å²) in [5.74, 6) is 2.20. The fourth-order valence-electron chi connectivity index (χ4n) is 9.28. The van der Waals surface area contributed by atoms with Crippen molar-refractivity contribution in [3.63, 3.8) is 0 Å².